The monoisotopic (exact) mass is 329 g/mol. The van der Waals surface area contributed by atoms with Gasteiger partial charge >= 0.3 is 6.03 Å². The first-order valence-electron chi connectivity index (χ1n) is 8.17. The largest absolute Gasteiger partial charge is 0.378 e. The maximum absolute atomic E-state index is 12.2. The molecule has 2 amide bonds. The number of nitrogens with one attached hydrogen (secondary N) is 2. The zero-order valence-corrected chi connectivity index (χ0v) is 13.9. The Bertz CT molecular complexity index is 679. The van der Waals surface area contributed by atoms with Crippen LogP contribution < -0.4 is 15.5 Å². The Kier molecular flexibility index (Phi) is 5.32. The molecule has 0 aliphatic carbocycles. The Labute approximate surface area is 141 Å². The Morgan fingerprint density at radius 2 is 2.04 bits per heavy atom. The summed E-state index contributed by atoms with van der Waals surface area (Å²) in [6.07, 6.45) is 2.50. The number of anilines is 2. The van der Waals surface area contributed by atoms with Crippen LogP contribution in [0.5, 0.6) is 0 Å². The summed E-state index contributed by atoms with van der Waals surface area (Å²) >= 11 is 0. The number of carbonyl (C=O) groups is 1. The van der Waals surface area contributed by atoms with Gasteiger partial charge in [-0.15, -0.1) is 0 Å². The number of carbonyl (C=O) groups excluding carboxylic acids is 1. The van der Waals surface area contributed by atoms with E-state index in [0.717, 1.165) is 36.6 Å². The molecule has 0 bridgehead atoms. The Hall–Kier alpha value is -2.54. The van der Waals surface area contributed by atoms with Crippen molar-refractivity contribution in [3.63, 3.8) is 0 Å². The number of amides is 2. The molecule has 0 spiro atoms. The molecule has 7 nitrogen and oxygen atoms in total. The number of rotatable bonds is 5. The molecule has 1 fully saturated rings. The molecular formula is C17H23N5O2. The van der Waals surface area contributed by atoms with E-state index >= 15 is 0 Å². The van der Waals surface area contributed by atoms with Crippen molar-refractivity contribution in [2.24, 2.45) is 7.05 Å². The summed E-state index contributed by atoms with van der Waals surface area (Å²) in [4.78, 5) is 14.4. The number of ether oxygens (including phenoxy) is 1. The summed E-state index contributed by atoms with van der Waals surface area (Å²) < 4.78 is 7.20. The fraction of sp³-hybridized carbons (Fsp3) is 0.412. The van der Waals surface area contributed by atoms with Crippen LogP contribution in [0.15, 0.2) is 36.5 Å². The number of morpholine rings is 1. The molecule has 1 aliphatic heterocycles. The quantitative estimate of drug-likeness (QED) is 0.874. The van der Waals surface area contributed by atoms with E-state index in [9.17, 15) is 4.79 Å². The van der Waals surface area contributed by atoms with Crippen LogP contribution in [0, 0.1) is 0 Å². The molecule has 0 atom stereocenters. The van der Waals surface area contributed by atoms with Gasteiger partial charge in [0.15, 0.2) is 0 Å². The number of nitrogens with zero attached hydrogens (tertiary/aromatic N) is 3. The third-order valence-corrected chi connectivity index (χ3v) is 4.09. The van der Waals surface area contributed by atoms with Crippen LogP contribution in [0.2, 0.25) is 0 Å². The van der Waals surface area contributed by atoms with Crippen LogP contribution in [-0.2, 0) is 18.2 Å². The van der Waals surface area contributed by atoms with E-state index in [1.807, 2.05) is 42.1 Å². The smallest absolute Gasteiger partial charge is 0.319 e. The zero-order chi connectivity index (χ0) is 16.8. The van der Waals surface area contributed by atoms with E-state index in [0.29, 0.717) is 19.8 Å². The summed E-state index contributed by atoms with van der Waals surface area (Å²) in [6, 6.07) is 9.61. The van der Waals surface area contributed by atoms with Gasteiger partial charge in [0, 0.05) is 45.0 Å². The minimum Gasteiger partial charge on any atom is -0.378 e. The summed E-state index contributed by atoms with van der Waals surface area (Å²) in [7, 11) is 1.90. The average molecular weight is 329 g/mol. The number of benzene rings is 1. The molecule has 2 aromatic rings. The van der Waals surface area contributed by atoms with Crippen molar-refractivity contribution in [2.45, 2.75) is 6.42 Å². The second-order valence-corrected chi connectivity index (χ2v) is 5.69. The van der Waals surface area contributed by atoms with Crippen LogP contribution in [0.4, 0.5) is 16.2 Å². The first-order chi connectivity index (χ1) is 11.7. The number of hydrogen-bond donors (Lipinski definition) is 2. The van der Waals surface area contributed by atoms with Crippen molar-refractivity contribution < 1.29 is 9.53 Å². The molecule has 0 radical (unpaired) electrons. The topological polar surface area (TPSA) is 71.4 Å². The third-order valence-electron chi connectivity index (χ3n) is 4.09. The van der Waals surface area contributed by atoms with Crippen LogP contribution in [0.1, 0.15) is 5.69 Å². The molecule has 1 aliphatic rings. The van der Waals surface area contributed by atoms with Crippen LogP contribution >= 0.6 is 0 Å². The van der Waals surface area contributed by atoms with Crippen molar-refractivity contribution in [1.82, 2.24) is 15.1 Å². The summed E-state index contributed by atoms with van der Waals surface area (Å²) in [5.74, 6) is 0. The van der Waals surface area contributed by atoms with Crippen LogP contribution in [0.3, 0.4) is 0 Å². The normalized spacial score (nSPS) is 14.5. The highest BCUT2D eigenvalue weighted by Crippen LogP contribution is 2.26. The lowest BCUT2D eigenvalue weighted by Crippen LogP contribution is -2.37. The fourth-order valence-corrected chi connectivity index (χ4v) is 2.78. The first kappa shape index (κ1) is 16.3. The molecule has 2 heterocycles. The minimum absolute atomic E-state index is 0.196. The zero-order valence-electron chi connectivity index (χ0n) is 13.9. The van der Waals surface area contributed by atoms with Gasteiger partial charge in [0.1, 0.15) is 0 Å². The van der Waals surface area contributed by atoms with E-state index < -0.39 is 0 Å². The van der Waals surface area contributed by atoms with Crippen molar-refractivity contribution in [3.05, 3.63) is 42.2 Å². The van der Waals surface area contributed by atoms with Gasteiger partial charge in [0.2, 0.25) is 0 Å². The number of para-hydroxylation sites is 2. The standard InChI is InChI=1S/C17H23N5O2/c1-21-14(7-9-19-21)6-8-18-17(23)20-15-4-2-3-5-16(15)22-10-12-24-13-11-22/h2-5,7,9H,6,8,10-13H2,1H3,(H2,18,20,23). The van der Waals surface area contributed by atoms with Crippen molar-refractivity contribution in [1.29, 1.82) is 0 Å². The lowest BCUT2D eigenvalue weighted by molar-refractivity contribution is 0.123. The summed E-state index contributed by atoms with van der Waals surface area (Å²) in [6.45, 7) is 3.66. The first-order valence-corrected chi connectivity index (χ1v) is 8.17. The van der Waals surface area contributed by atoms with Crippen molar-refractivity contribution in [2.75, 3.05) is 43.1 Å². The number of aromatic nitrogens is 2. The van der Waals surface area contributed by atoms with Gasteiger partial charge in [-0.05, 0) is 18.2 Å². The lowest BCUT2D eigenvalue weighted by Gasteiger charge is -2.30. The second kappa shape index (κ2) is 7.83. The highest BCUT2D eigenvalue weighted by Gasteiger charge is 2.15. The average Bonchev–Trinajstić information content (AvgIpc) is 3.01. The van der Waals surface area contributed by atoms with Crippen molar-refractivity contribution >= 4 is 17.4 Å². The number of aryl methyl sites for hydroxylation is 1. The molecule has 1 saturated heterocycles. The van der Waals surface area contributed by atoms with Crippen molar-refractivity contribution in [3.8, 4) is 0 Å². The van der Waals surface area contributed by atoms with Gasteiger partial charge in [0.05, 0.1) is 24.6 Å². The van der Waals surface area contributed by atoms with E-state index in [4.69, 9.17) is 4.74 Å². The Balaban J connectivity index is 1.55. The Morgan fingerprint density at radius 1 is 1.25 bits per heavy atom. The fourth-order valence-electron chi connectivity index (χ4n) is 2.78. The number of urea groups is 1. The van der Waals surface area contributed by atoms with Crippen LogP contribution in [0.25, 0.3) is 0 Å². The van der Waals surface area contributed by atoms with Gasteiger partial charge in [-0.2, -0.15) is 5.10 Å². The molecule has 1 aromatic carbocycles. The van der Waals surface area contributed by atoms with Crippen LogP contribution in [-0.4, -0.2) is 48.7 Å². The van der Waals surface area contributed by atoms with E-state index in [2.05, 4.69) is 20.6 Å². The van der Waals surface area contributed by atoms with Gasteiger partial charge in [-0.3, -0.25) is 4.68 Å². The molecule has 2 N–H and O–H groups in total. The molecule has 3 rings (SSSR count). The molecule has 1 aromatic heterocycles. The lowest BCUT2D eigenvalue weighted by atomic mass is 10.2. The highest BCUT2D eigenvalue weighted by molar-refractivity contribution is 5.93. The Morgan fingerprint density at radius 3 is 2.79 bits per heavy atom. The third kappa shape index (κ3) is 4.05. The molecule has 0 unspecified atom stereocenters. The SMILES string of the molecule is Cn1nccc1CCNC(=O)Nc1ccccc1N1CCOCC1. The minimum atomic E-state index is -0.196. The predicted molar refractivity (Wildman–Crippen MR) is 93.4 cm³/mol. The number of hydrogen-bond acceptors (Lipinski definition) is 4. The molecule has 128 valence electrons. The highest BCUT2D eigenvalue weighted by atomic mass is 16.5. The van der Waals surface area contributed by atoms with Gasteiger partial charge < -0.3 is 20.3 Å². The maximum atomic E-state index is 12.2. The van der Waals surface area contributed by atoms with Gasteiger partial charge in [-0.25, -0.2) is 4.79 Å². The molecular weight excluding hydrogens is 306 g/mol. The summed E-state index contributed by atoms with van der Waals surface area (Å²) in [5.41, 5.74) is 2.93. The maximum Gasteiger partial charge on any atom is 0.319 e. The molecule has 0 saturated carbocycles. The summed E-state index contributed by atoms with van der Waals surface area (Å²) in [5, 5.41) is 9.96. The van der Waals surface area contributed by atoms with Gasteiger partial charge in [0.25, 0.3) is 0 Å². The van der Waals surface area contributed by atoms with E-state index in [1.54, 1.807) is 6.20 Å². The molecule has 24 heavy (non-hydrogen) atoms. The predicted octanol–water partition coefficient (Wildman–Crippen LogP) is 1.62. The second-order valence-electron chi connectivity index (χ2n) is 5.69. The van der Waals surface area contributed by atoms with E-state index in [-0.39, 0.29) is 6.03 Å². The molecule has 7 heteroatoms. The van der Waals surface area contributed by atoms with Gasteiger partial charge in [-0.1, -0.05) is 12.1 Å². The van der Waals surface area contributed by atoms with E-state index in [1.165, 1.54) is 0 Å².